The highest BCUT2D eigenvalue weighted by molar-refractivity contribution is 7.94. The largest absolute Gasteiger partial charge is 0.360 e. The van der Waals surface area contributed by atoms with Crippen molar-refractivity contribution in [1.82, 2.24) is 10.3 Å². The first kappa shape index (κ1) is 20.3. The number of carbonyl (C=O) groups excluding carboxylic acids is 1. The molecule has 0 atom stereocenters. The molecule has 4 rings (SSSR count). The van der Waals surface area contributed by atoms with Crippen molar-refractivity contribution in [3.8, 4) is 0 Å². The van der Waals surface area contributed by atoms with E-state index in [1.807, 2.05) is 24.3 Å². The van der Waals surface area contributed by atoms with Crippen molar-refractivity contribution in [2.24, 2.45) is 0 Å². The molecule has 1 amide bonds. The Balaban J connectivity index is 1.32. The van der Waals surface area contributed by atoms with Crippen molar-refractivity contribution in [3.05, 3.63) is 71.6 Å². The molecule has 0 radical (unpaired) electrons. The number of hydrogen-bond donors (Lipinski definition) is 3. The number of nitrogens with one attached hydrogen (secondary N) is 3. The third-order valence-corrected chi connectivity index (χ3v) is 7.89. The van der Waals surface area contributed by atoms with Crippen molar-refractivity contribution < 1.29 is 13.2 Å². The Morgan fingerprint density at radius 1 is 1.00 bits per heavy atom. The zero-order valence-electron chi connectivity index (χ0n) is 15.7. The molecule has 2 aromatic heterocycles. The Labute approximate surface area is 181 Å². The van der Waals surface area contributed by atoms with Crippen LogP contribution in [0.1, 0.15) is 10.4 Å². The number of fused-ring (bicyclic) bond motifs is 1. The molecule has 0 unspecified atom stereocenters. The molecule has 30 heavy (non-hydrogen) atoms. The summed E-state index contributed by atoms with van der Waals surface area (Å²) in [5.41, 5.74) is 1.65. The Kier molecular flexibility index (Phi) is 5.98. The van der Waals surface area contributed by atoms with Crippen LogP contribution in [0.5, 0.6) is 0 Å². The number of nitrogens with zero attached hydrogens (tertiary/aromatic N) is 1. The van der Waals surface area contributed by atoms with E-state index in [-0.39, 0.29) is 10.1 Å². The van der Waals surface area contributed by atoms with Gasteiger partial charge in [-0.2, -0.15) is 0 Å². The topological polar surface area (TPSA) is 100 Å². The van der Waals surface area contributed by atoms with E-state index >= 15 is 0 Å². The van der Waals surface area contributed by atoms with Crippen molar-refractivity contribution >= 4 is 59.6 Å². The summed E-state index contributed by atoms with van der Waals surface area (Å²) in [6.45, 7) is 0.927. The molecule has 2 aromatic carbocycles. The van der Waals surface area contributed by atoms with Gasteiger partial charge in [-0.05, 0) is 41.8 Å². The number of thiazole rings is 1. The molecule has 154 valence electrons. The van der Waals surface area contributed by atoms with Gasteiger partial charge in [0, 0.05) is 24.3 Å². The second-order valence-electron chi connectivity index (χ2n) is 6.29. The Morgan fingerprint density at radius 3 is 2.67 bits per heavy atom. The molecular formula is C20H18N4O3S3. The lowest BCUT2D eigenvalue weighted by Crippen LogP contribution is -2.28. The van der Waals surface area contributed by atoms with Crippen molar-refractivity contribution in [2.75, 3.05) is 23.1 Å². The van der Waals surface area contributed by atoms with E-state index in [1.54, 1.807) is 41.0 Å². The zero-order chi connectivity index (χ0) is 21.0. The van der Waals surface area contributed by atoms with E-state index in [0.29, 0.717) is 24.3 Å². The normalized spacial score (nSPS) is 11.3. The third-order valence-electron chi connectivity index (χ3n) is 4.12. The van der Waals surface area contributed by atoms with E-state index in [2.05, 4.69) is 20.3 Å². The molecule has 0 spiro atoms. The van der Waals surface area contributed by atoms with Gasteiger partial charge in [-0.3, -0.25) is 9.52 Å². The highest BCUT2D eigenvalue weighted by Crippen LogP contribution is 2.25. The first-order valence-electron chi connectivity index (χ1n) is 9.05. The molecule has 0 fully saturated rings. The molecule has 0 saturated heterocycles. The van der Waals surface area contributed by atoms with Gasteiger partial charge in [0.2, 0.25) is 0 Å². The van der Waals surface area contributed by atoms with Crippen LogP contribution in [-0.4, -0.2) is 32.4 Å². The second kappa shape index (κ2) is 8.82. The monoisotopic (exact) mass is 458 g/mol. The number of carbonyl (C=O) groups is 1. The first-order chi connectivity index (χ1) is 14.5. The Hall–Kier alpha value is -2.95. The summed E-state index contributed by atoms with van der Waals surface area (Å²) in [7, 11) is -3.65. The highest BCUT2D eigenvalue weighted by atomic mass is 32.2. The molecule has 0 bridgehead atoms. The fraction of sp³-hybridized carbons (Fsp3) is 0.100. The summed E-state index contributed by atoms with van der Waals surface area (Å²) in [5, 5.41) is 8.52. The lowest BCUT2D eigenvalue weighted by Gasteiger charge is -2.09. The third kappa shape index (κ3) is 4.78. The number of sulfonamides is 1. The minimum absolute atomic E-state index is 0.221. The summed E-state index contributed by atoms with van der Waals surface area (Å²) in [5.74, 6) is -0.279. The number of benzene rings is 2. The fourth-order valence-corrected chi connectivity index (χ4v) is 5.67. The lowest BCUT2D eigenvalue weighted by atomic mass is 10.2. The van der Waals surface area contributed by atoms with Gasteiger partial charge in [0.1, 0.15) is 4.21 Å². The van der Waals surface area contributed by atoms with Crippen molar-refractivity contribution in [3.63, 3.8) is 0 Å². The van der Waals surface area contributed by atoms with Crippen LogP contribution < -0.4 is 15.4 Å². The molecule has 2 heterocycles. The number of amides is 1. The number of anilines is 2. The van der Waals surface area contributed by atoms with Gasteiger partial charge in [0.25, 0.3) is 15.9 Å². The molecular weight excluding hydrogens is 440 g/mol. The first-order valence-corrected chi connectivity index (χ1v) is 12.2. The number of thiophene rings is 1. The Bertz CT molecular complexity index is 1230. The molecule has 0 aliphatic rings. The number of rotatable bonds is 8. The van der Waals surface area contributed by atoms with Gasteiger partial charge < -0.3 is 10.6 Å². The molecule has 0 aliphatic heterocycles. The fourth-order valence-electron chi connectivity index (χ4n) is 2.74. The van der Waals surface area contributed by atoms with Crippen molar-refractivity contribution in [1.29, 1.82) is 0 Å². The smallest absolute Gasteiger partial charge is 0.271 e. The maximum Gasteiger partial charge on any atom is 0.271 e. The lowest BCUT2D eigenvalue weighted by molar-refractivity contribution is 0.0955. The molecule has 10 heteroatoms. The molecule has 0 saturated carbocycles. The molecule has 3 N–H and O–H groups in total. The maximum atomic E-state index is 12.4. The van der Waals surface area contributed by atoms with Crippen LogP contribution in [0.4, 0.5) is 10.8 Å². The number of hydrogen-bond acceptors (Lipinski definition) is 7. The van der Waals surface area contributed by atoms with E-state index in [4.69, 9.17) is 0 Å². The SMILES string of the molecule is O=C(NCCNc1nc2ccccc2s1)c1cccc(NS(=O)(=O)c2cccs2)c1. The van der Waals surface area contributed by atoms with Gasteiger partial charge in [-0.25, -0.2) is 13.4 Å². The van der Waals surface area contributed by atoms with Crippen LogP contribution in [-0.2, 0) is 10.0 Å². The molecule has 4 aromatic rings. The predicted molar refractivity (Wildman–Crippen MR) is 122 cm³/mol. The zero-order valence-corrected chi connectivity index (χ0v) is 18.1. The summed E-state index contributed by atoms with van der Waals surface area (Å²) in [4.78, 5) is 16.9. The van der Waals surface area contributed by atoms with Crippen LogP contribution in [0.3, 0.4) is 0 Å². The predicted octanol–water partition coefficient (Wildman–Crippen LogP) is 4.00. The average Bonchev–Trinajstić information content (AvgIpc) is 3.41. The van der Waals surface area contributed by atoms with Crippen molar-refractivity contribution in [2.45, 2.75) is 4.21 Å². The molecule has 0 aliphatic carbocycles. The van der Waals surface area contributed by atoms with Gasteiger partial charge in [-0.1, -0.05) is 35.6 Å². The van der Waals surface area contributed by atoms with E-state index in [9.17, 15) is 13.2 Å². The minimum Gasteiger partial charge on any atom is -0.360 e. The van der Waals surface area contributed by atoms with Gasteiger partial charge in [-0.15, -0.1) is 11.3 Å². The van der Waals surface area contributed by atoms with Gasteiger partial charge in [0.05, 0.1) is 10.2 Å². The van der Waals surface area contributed by atoms with Gasteiger partial charge in [0.15, 0.2) is 5.13 Å². The van der Waals surface area contributed by atoms with Crippen LogP contribution in [0.25, 0.3) is 10.2 Å². The van der Waals surface area contributed by atoms with Crippen LogP contribution in [0, 0.1) is 0 Å². The number of aromatic nitrogens is 1. The second-order valence-corrected chi connectivity index (χ2v) is 10.2. The van der Waals surface area contributed by atoms with Crippen LogP contribution in [0.2, 0.25) is 0 Å². The Morgan fingerprint density at radius 2 is 1.87 bits per heavy atom. The minimum atomic E-state index is -3.65. The summed E-state index contributed by atoms with van der Waals surface area (Å²) < 4.78 is 28.5. The summed E-state index contributed by atoms with van der Waals surface area (Å²) in [6, 6.07) is 17.5. The molecule has 7 nitrogen and oxygen atoms in total. The van der Waals surface area contributed by atoms with E-state index in [0.717, 1.165) is 26.7 Å². The maximum absolute atomic E-state index is 12.4. The quantitative estimate of drug-likeness (QED) is 0.347. The summed E-state index contributed by atoms with van der Waals surface area (Å²) >= 11 is 2.69. The van der Waals surface area contributed by atoms with Crippen LogP contribution in [0.15, 0.2) is 70.3 Å². The highest BCUT2D eigenvalue weighted by Gasteiger charge is 2.16. The van der Waals surface area contributed by atoms with Gasteiger partial charge >= 0.3 is 0 Å². The standard InChI is InChI=1S/C20H18N4O3S3/c25-19(21-10-11-22-20-23-16-7-1-2-8-17(16)29-20)14-5-3-6-15(13-14)24-30(26,27)18-9-4-12-28-18/h1-9,12-13,24H,10-11H2,(H,21,25)(H,22,23). The number of para-hydroxylation sites is 1. The summed E-state index contributed by atoms with van der Waals surface area (Å²) in [6.07, 6.45) is 0. The average molecular weight is 459 g/mol. The van der Waals surface area contributed by atoms with E-state index < -0.39 is 10.0 Å². The van der Waals surface area contributed by atoms with E-state index in [1.165, 1.54) is 12.1 Å². The van der Waals surface area contributed by atoms with Crippen LogP contribution >= 0.6 is 22.7 Å².